The summed E-state index contributed by atoms with van der Waals surface area (Å²) in [6.07, 6.45) is 2.59. The highest BCUT2D eigenvalue weighted by atomic mass is 16.3. The summed E-state index contributed by atoms with van der Waals surface area (Å²) < 4.78 is 0. The van der Waals surface area contributed by atoms with Crippen molar-refractivity contribution in [3.8, 4) is 0 Å². The van der Waals surface area contributed by atoms with Crippen LogP contribution in [0.3, 0.4) is 0 Å². The van der Waals surface area contributed by atoms with Crippen LogP contribution in [-0.4, -0.2) is 29.7 Å². The molecule has 1 heterocycles. The molecular weight excluding hydrogens is 228 g/mol. The van der Waals surface area contributed by atoms with Gasteiger partial charge in [-0.15, -0.1) is 0 Å². The van der Waals surface area contributed by atoms with Crippen LogP contribution in [0.5, 0.6) is 0 Å². The molecule has 2 aliphatic rings. The lowest BCUT2D eigenvalue weighted by Gasteiger charge is -2.27. The topological polar surface area (TPSA) is 61.4 Å². The van der Waals surface area contributed by atoms with Gasteiger partial charge in [0.05, 0.1) is 18.1 Å². The van der Waals surface area contributed by atoms with Crippen molar-refractivity contribution in [1.82, 2.24) is 5.32 Å². The Hall–Kier alpha value is -1.55. The number of aliphatic hydroxyl groups excluding tert-OH is 1. The first kappa shape index (κ1) is 11.5. The van der Waals surface area contributed by atoms with E-state index in [1.165, 1.54) is 0 Å². The number of hydrogen-bond acceptors (Lipinski definition) is 3. The van der Waals surface area contributed by atoms with Crippen LogP contribution >= 0.6 is 0 Å². The highest BCUT2D eigenvalue weighted by molar-refractivity contribution is 5.87. The Kier molecular flexibility index (Phi) is 2.74. The lowest BCUT2D eigenvalue weighted by Crippen LogP contribution is -2.43. The van der Waals surface area contributed by atoms with Gasteiger partial charge in [0.2, 0.25) is 5.91 Å². The molecule has 0 bridgehead atoms. The molecule has 1 aliphatic heterocycles. The minimum atomic E-state index is -0.323. The molecule has 3 N–H and O–H groups in total. The molecule has 0 saturated heterocycles. The predicted molar refractivity (Wildman–Crippen MR) is 69.5 cm³/mol. The average Bonchev–Trinajstić information content (AvgIpc) is 3.18. The Labute approximate surface area is 106 Å². The maximum Gasteiger partial charge on any atom is 0.228 e. The van der Waals surface area contributed by atoms with Crippen molar-refractivity contribution in [3.63, 3.8) is 0 Å². The third-order valence-corrected chi connectivity index (χ3v) is 3.95. The van der Waals surface area contributed by atoms with Crippen molar-refractivity contribution in [2.24, 2.45) is 0 Å². The summed E-state index contributed by atoms with van der Waals surface area (Å²) in [6.45, 7) is 0.868. The molecule has 0 spiro atoms. The number of carbonyl (C=O) groups excluding carboxylic acids is 1. The van der Waals surface area contributed by atoms with Gasteiger partial charge < -0.3 is 15.7 Å². The highest BCUT2D eigenvalue weighted by Crippen LogP contribution is 2.37. The van der Waals surface area contributed by atoms with Crippen molar-refractivity contribution in [1.29, 1.82) is 0 Å². The fourth-order valence-electron chi connectivity index (χ4n) is 2.56. The lowest BCUT2D eigenvalue weighted by molar-refractivity contribution is -0.124. The Morgan fingerprint density at radius 1 is 1.44 bits per heavy atom. The molecule has 96 valence electrons. The zero-order chi connectivity index (χ0) is 12.6. The number of para-hydroxylation sites is 1. The minimum Gasteiger partial charge on any atom is -0.394 e. The monoisotopic (exact) mass is 246 g/mol. The van der Waals surface area contributed by atoms with E-state index in [1.54, 1.807) is 0 Å². The van der Waals surface area contributed by atoms with Gasteiger partial charge in [0, 0.05) is 12.2 Å². The third kappa shape index (κ3) is 1.97. The molecule has 0 aromatic heterocycles. The number of benzene rings is 1. The number of hydrogen-bond donors (Lipinski definition) is 3. The molecule has 1 atom stereocenters. The fourth-order valence-corrected chi connectivity index (χ4v) is 2.56. The Morgan fingerprint density at radius 3 is 2.94 bits per heavy atom. The van der Waals surface area contributed by atoms with E-state index in [-0.39, 0.29) is 24.0 Å². The molecule has 3 rings (SSSR count). The Balaban J connectivity index is 1.79. The van der Waals surface area contributed by atoms with Gasteiger partial charge in [-0.3, -0.25) is 4.79 Å². The number of amides is 1. The van der Waals surface area contributed by atoms with E-state index in [9.17, 15) is 9.90 Å². The van der Waals surface area contributed by atoms with Crippen molar-refractivity contribution in [3.05, 3.63) is 29.8 Å². The summed E-state index contributed by atoms with van der Waals surface area (Å²) in [5.41, 5.74) is 1.80. The van der Waals surface area contributed by atoms with E-state index in [2.05, 4.69) is 10.6 Å². The average molecular weight is 246 g/mol. The fraction of sp³-hybridized carbons (Fsp3) is 0.500. The summed E-state index contributed by atoms with van der Waals surface area (Å²) in [5.74, 6) is -0.0398. The van der Waals surface area contributed by atoms with E-state index in [4.69, 9.17) is 0 Å². The molecule has 1 aromatic rings. The van der Waals surface area contributed by atoms with Crippen molar-refractivity contribution in [2.75, 3.05) is 18.5 Å². The van der Waals surface area contributed by atoms with Gasteiger partial charge in [-0.1, -0.05) is 18.2 Å². The SMILES string of the molecule is O=C(NC1(CO)CC1)C1CCNc2ccccc21. The quantitative estimate of drug-likeness (QED) is 0.751. The third-order valence-electron chi connectivity index (χ3n) is 3.95. The van der Waals surface area contributed by atoms with Crippen LogP contribution < -0.4 is 10.6 Å². The van der Waals surface area contributed by atoms with Crippen LogP contribution in [0, 0.1) is 0 Å². The second kappa shape index (κ2) is 4.28. The Morgan fingerprint density at radius 2 is 2.22 bits per heavy atom. The zero-order valence-electron chi connectivity index (χ0n) is 10.3. The largest absolute Gasteiger partial charge is 0.394 e. The van der Waals surface area contributed by atoms with Crippen molar-refractivity contribution < 1.29 is 9.90 Å². The summed E-state index contributed by atoms with van der Waals surface area (Å²) >= 11 is 0. The number of fused-ring (bicyclic) bond motifs is 1. The predicted octanol–water partition coefficient (Wildman–Crippen LogP) is 1.23. The number of nitrogens with one attached hydrogen (secondary N) is 2. The maximum atomic E-state index is 12.3. The van der Waals surface area contributed by atoms with Crippen molar-refractivity contribution in [2.45, 2.75) is 30.7 Å². The molecule has 18 heavy (non-hydrogen) atoms. The molecular formula is C14H18N2O2. The molecule has 4 heteroatoms. The molecule has 1 amide bonds. The number of carbonyl (C=O) groups is 1. The maximum absolute atomic E-state index is 12.3. The molecule has 1 saturated carbocycles. The molecule has 1 aliphatic carbocycles. The van der Waals surface area contributed by atoms with Gasteiger partial charge in [0.15, 0.2) is 0 Å². The molecule has 1 fully saturated rings. The summed E-state index contributed by atoms with van der Waals surface area (Å²) in [7, 11) is 0. The molecule has 4 nitrogen and oxygen atoms in total. The molecule has 0 radical (unpaired) electrons. The van der Waals surface area contributed by atoms with E-state index in [0.717, 1.165) is 37.1 Å². The van der Waals surface area contributed by atoms with Crippen LogP contribution in [0.25, 0.3) is 0 Å². The van der Waals surface area contributed by atoms with Crippen LogP contribution in [0.4, 0.5) is 5.69 Å². The van der Waals surface area contributed by atoms with Gasteiger partial charge in [0.1, 0.15) is 0 Å². The first-order valence-electron chi connectivity index (χ1n) is 6.50. The number of rotatable bonds is 3. The standard InChI is InChI=1S/C14H18N2O2/c17-9-14(6-7-14)16-13(18)11-5-8-15-12-4-2-1-3-10(11)12/h1-4,11,15,17H,5-9H2,(H,16,18). The van der Waals surface area contributed by atoms with Gasteiger partial charge in [-0.05, 0) is 30.9 Å². The summed E-state index contributed by atoms with van der Waals surface area (Å²) in [4.78, 5) is 12.3. The van der Waals surface area contributed by atoms with E-state index in [1.807, 2.05) is 24.3 Å². The van der Waals surface area contributed by atoms with Gasteiger partial charge in [-0.25, -0.2) is 0 Å². The van der Waals surface area contributed by atoms with Crippen LogP contribution in [-0.2, 0) is 4.79 Å². The van der Waals surface area contributed by atoms with Gasteiger partial charge >= 0.3 is 0 Å². The number of anilines is 1. The highest BCUT2D eigenvalue weighted by Gasteiger charge is 2.44. The van der Waals surface area contributed by atoms with Crippen LogP contribution in [0.1, 0.15) is 30.7 Å². The van der Waals surface area contributed by atoms with E-state index < -0.39 is 0 Å². The summed E-state index contributed by atoms with van der Waals surface area (Å²) in [5, 5.41) is 15.6. The minimum absolute atomic E-state index is 0.0470. The van der Waals surface area contributed by atoms with Gasteiger partial charge in [0.25, 0.3) is 0 Å². The second-order valence-electron chi connectivity index (χ2n) is 5.28. The lowest BCUT2D eigenvalue weighted by atomic mass is 9.90. The second-order valence-corrected chi connectivity index (χ2v) is 5.28. The smallest absolute Gasteiger partial charge is 0.228 e. The zero-order valence-corrected chi connectivity index (χ0v) is 10.3. The van der Waals surface area contributed by atoms with Crippen molar-refractivity contribution >= 4 is 11.6 Å². The van der Waals surface area contributed by atoms with E-state index >= 15 is 0 Å². The number of aliphatic hydroxyl groups is 1. The normalized spacial score (nSPS) is 23.7. The summed E-state index contributed by atoms with van der Waals surface area (Å²) in [6, 6.07) is 7.95. The first-order chi connectivity index (χ1) is 8.74. The molecule has 1 unspecified atom stereocenters. The van der Waals surface area contributed by atoms with Gasteiger partial charge in [-0.2, -0.15) is 0 Å². The Bertz CT molecular complexity index is 469. The van der Waals surface area contributed by atoms with Crippen LogP contribution in [0.2, 0.25) is 0 Å². The molecule has 1 aromatic carbocycles. The first-order valence-corrected chi connectivity index (χ1v) is 6.50. The van der Waals surface area contributed by atoms with Crippen LogP contribution in [0.15, 0.2) is 24.3 Å². The van der Waals surface area contributed by atoms with E-state index in [0.29, 0.717) is 0 Å².